The van der Waals surface area contributed by atoms with Gasteiger partial charge in [0, 0.05) is 30.4 Å². The zero-order valence-electron chi connectivity index (χ0n) is 13.2. The molecule has 2 heterocycles. The number of piperazine rings is 1. The number of rotatable bonds is 2. The van der Waals surface area contributed by atoms with Gasteiger partial charge in [-0.25, -0.2) is 0 Å². The van der Waals surface area contributed by atoms with E-state index in [0.717, 1.165) is 11.3 Å². The van der Waals surface area contributed by atoms with Crippen molar-refractivity contribution in [2.45, 2.75) is 13.0 Å². The number of carbonyl (C=O) groups excluding carboxylic acids is 1. The van der Waals surface area contributed by atoms with Gasteiger partial charge in [0.2, 0.25) is 0 Å². The summed E-state index contributed by atoms with van der Waals surface area (Å²) in [7, 11) is 0. The third-order valence-corrected chi connectivity index (χ3v) is 4.40. The first kappa shape index (κ1) is 18.5. The molecule has 0 spiro atoms. The Morgan fingerprint density at radius 3 is 2.71 bits per heavy atom. The number of halogens is 2. The van der Waals surface area contributed by atoms with E-state index in [1.54, 1.807) is 24.0 Å². The molecule has 128 valence electrons. The van der Waals surface area contributed by atoms with Crippen molar-refractivity contribution in [1.29, 1.82) is 0 Å². The van der Waals surface area contributed by atoms with Crippen LogP contribution in [0.1, 0.15) is 27.7 Å². The number of aromatic nitrogens is 1. The van der Waals surface area contributed by atoms with E-state index >= 15 is 0 Å². The third kappa shape index (κ3) is 3.64. The van der Waals surface area contributed by atoms with Crippen LogP contribution in [0.15, 0.2) is 41.2 Å². The molecule has 1 aromatic carbocycles. The van der Waals surface area contributed by atoms with Gasteiger partial charge in [-0.05, 0) is 30.7 Å². The first-order chi connectivity index (χ1) is 11.1. The van der Waals surface area contributed by atoms with Gasteiger partial charge in [-0.3, -0.25) is 9.59 Å². The lowest BCUT2D eigenvalue weighted by Crippen LogP contribution is -2.49. The molecule has 0 aliphatic carbocycles. The molecule has 1 aromatic heterocycles. The summed E-state index contributed by atoms with van der Waals surface area (Å²) < 4.78 is 0. The number of nitrogens with zero attached hydrogens (tertiary/aromatic N) is 1. The molecule has 1 atom stereocenters. The SMILES string of the molecule is Cc1ccc(C(=O)N2CCNCC2c2ccccc2Cl)c(=O)[nH]1.Cl. The number of nitrogens with one attached hydrogen (secondary N) is 2. The molecule has 2 N–H and O–H groups in total. The van der Waals surface area contributed by atoms with Crippen LogP contribution >= 0.6 is 24.0 Å². The highest BCUT2D eigenvalue weighted by atomic mass is 35.5. The average molecular weight is 368 g/mol. The summed E-state index contributed by atoms with van der Waals surface area (Å²) in [6, 6.07) is 10.6. The van der Waals surface area contributed by atoms with E-state index in [9.17, 15) is 9.59 Å². The molecule has 2 aromatic rings. The molecule has 1 fully saturated rings. The Hall–Kier alpha value is -1.82. The van der Waals surface area contributed by atoms with Gasteiger partial charge in [-0.1, -0.05) is 29.8 Å². The smallest absolute Gasteiger partial charge is 0.260 e. The van der Waals surface area contributed by atoms with Crippen LogP contribution in [0.3, 0.4) is 0 Å². The predicted molar refractivity (Wildman–Crippen MR) is 97.1 cm³/mol. The fourth-order valence-corrected chi connectivity index (χ4v) is 3.13. The first-order valence-corrected chi connectivity index (χ1v) is 7.92. The molecule has 5 nitrogen and oxygen atoms in total. The monoisotopic (exact) mass is 367 g/mol. The fraction of sp³-hybridized carbons (Fsp3) is 0.294. The fourth-order valence-electron chi connectivity index (χ4n) is 2.87. The summed E-state index contributed by atoms with van der Waals surface area (Å²) in [6.45, 7) is 3.62. The highest BCUT2D eigenvalue weighted by molar-refractivity contribution is 6.31. The normalized spacial score (nSPS) is 17.2. The molecule has 1 aliphatic heterocycles. The average Bonchev–Trinajstić information content (AvgIpc) is 2.55. The minimum atomic E-state index is -0.355. The van der Waals surface area contributed by atoms with E-state index in [-0.39, 0.29) is 35.5 Å². The highest BCUT2D eigenvalue weighted by Gasteiger charge is 2.30. The summed E-state index contributed by atoms with van der Waals surface area (Å²) >= 11 is 6.29. The van der Waals surface area contributed by atoms with E-state index in [1.165, 1.54) is 0 Å². The van der Waals surface area contributed by atoms with E-state index < -0.39 is 0 Å². The van der Waals surface area contributed by atoms with Crippen molar-refractivity contribution >= 4 is 29.9 Å². The number of hydrogen-bond acceptors (Lipinski definition) is 3. The van der Waals surface area contributed by atoms with Gasteiger partial charge in [0.1, 0.15) is 5.56 Å². The number of aromatic amines is 1. The number of aryl methyl sites for hydroxylation is 1. The minimum Gasteiger partial charge on any atom is -0.329 e. The third-order valence-electron chi connectivity index (χ3n) is 4.05. The summed E-state index contributed by atoms with van der Waals surface area (Å²) in [5, 5.41) is 3.90. The molecule has 3 rings (SSSR count). The molecular weight excluding hydrogens is 349 g/mol. The Kier molecular flexibility index (Phi) is 6.04. The van der Waals surface area contributed by atoms with E-state index in [4.69, 9.17) is 11.6 Å². The largest absolute Gasteiger partial charge is 0.329 e. The molecule has 7 heteroatoms. The second kappa shape index (κ2) is 7.83. The summed E-state index contributed by atoms with van der Waals surface area (Å²) in [4.78, 5) is 29.4. The second-order valence-electron chi connectivity index (χ2n) is 5.62. The van der Waals surface area contributed by atoms with E-state index in [1.807, 2.05) is 24.3 Å². The maximum absolute atomic E-state index is 12.9. The number of carbonyl (C=O) groups is 1. The van der Waals surface area contributed by atoms with Crippen molar-refractivity contribution in [3.8, 4) is 0 Å². The predicted octanol–water partition coefficient (Wildman–Crippen LogP) is 2.55. The number of pyridine rings is 1. The first-order valence-electron chi connectivity index (χ1n) is 7.54. The van der Waals surface area contributed by atoms with Gasteiger partial charge in [0.25, 0.3) is 11.5 Å². The van der Waals surface area contributed by atoms with Gasteiger partial charge >= 0.3 is 0 Å². The Labute approximate surface area is 151 Å². The van der Waals surface area contributed by atoms with E-state index in [0.29, 0.717) is 24.7 Å². The van der Waals surface area contributed by atoms with Crippen molar-refractivity contribution in [3.63, 3.8) is 0 Å². The van der Waals surface area contributed by atoms with Crippen molar-refractivity contribution in [2.75, 3.05) is 19.6 Å². The summed E-state index contributed by atoms with van der Waals surface area (Å²) in [5.74, 6) is -0.266. The topological polar surface area (TPSA) is 65.2 Å². The van der Waals surface area contributed by atoms with Crippen LogP contribution in [-0.2, 0) is 0 Å². The van der Waals surface area contributed by atoms with Gasteiger partial charge in [0.15, 0.2) is 0 Å². The molecule has 0 saturated carbocycles. The number of amides is 1. The van der Waals surface area contributed by atoms with Gasteiger partial charge < -0.3 is 15.2 Å². The van der Waals surface area contributed by atoms with Crippen molar-refractivity contribution in [1.82, 2.24) is 15.2 Å². The summed E-state index contributed by atoms with van der Waals surface area (Å²) in [5.41, 5.74) is 1.42. The number of benzene rings is 1. The highest BCUT2D eigenvalue weighted by Crippen LogP contribution is 2.29. The van der Waals surface area contributed by atoms with Crippen LogP contribution in [-0.4, -0.2) is 35.4 Å². The standard InChI is InChI=1S/C17H18ClN3O2.ClH/c1-11-6-7-13(16(22)20-11)17(23)21-9-8-19-10-15(21)12-4-2-3-5-14(12)18;/h2-7,15,19H,8-10H2,1H3,(H,20,22);1H. The van der Waals surface area contributed by atoms with Crippen LogP contribution in [0, 0.1) is 6.92 Å². The summed E-state index contributed by atoms with van der Waals surface area (Å²) in [6.07, 6.45) is 0. The van der Waals surface area contributed by atoms with Crippen LogP contribution in [0.2, 0.25) is 5.02 Å². The Bertz CT molecular complexity index is 791. The van der Waals surface area contributed by atoms with Crippen molar-refractivity contribution in [3.05, 3.63) is 68.6 Å². The maximum Gasteiger partial charge on any atom is 0.260 e. The van der Waals surface area contributed by atoms with Gasteiger partial charge in [0.05, 0.1) is 6.04 Å². The molecule has 24 heavy (non-hydrogen) atoms. The molecule has 0 bridgehead atoms. The maximum atomic E-state index is 12.9. The van der Waals surface area contributed by atoms with Crippen LogP contribution in [0.25, 0.3) is 0 Å². The lowest BCUT2D eigenvalue weighted by Gasteiger charge is -2.36. The molecular formula is C17H19Cl2N3O2. The number of hydrogen-bond donors (Lipinski definition) is 2. The van der Waals surface area contributed by atoms with Crippen molar-refractivity contribution < 1.29 is 4.79 Å². The van der Waals surface area contributed by atoms with Crippen LogP contribution < -0.4 is 10.9 Å². The van der Waals surface area contributed by atoms with Gasteiger partial charge in [-0.15, -0.1) is 12.4 Å². The molecule has 0 radical (unpaired) electrons. The number of H-pyrrole nitrogens is 1. The lowest BCUT2D eigenvalue weighted by atomic mass is 10.0. The quantitative estimate of drug-likeness (QED) is 0.856. The lowest BCUT2D eigenvalue weighted by molar-refractivity contribution is 0.0632. The molecule has 1 amide bonds. The zero-order valence-corrected chi connectivity index (χ0v) is 14.8. The molecule has 1 unspecified atom stereocenters. The second-order valence-corrected chi connectivity index (χ2v) is 6.03. The van der Waals surface area contributed by atoms with Crippen LogP contribution in [0.5, 0.6) is 0 Å². The minimum absolute atomic E-state index is 0. The Morgan fingerprint density at radius 2 is 2.00 bits per heavy atom. The van der Waals surface area contributed by atoms with Crippen LogP contribution in [0.4, 0.5) is 0 Å². The Balaban J connectivity index is 0.00000208. The van der Waals surface area contributed by atoms with Crippen molar-refractivity contribution in [2.24, 2.45) is 0 Å². The van der Waals surface area contributed by atoms with E-state index in [2.05, 4.69) is 10.3 Å². The zero-order chi connectivity index (χ0) is 16.4. The molecule has 1 saturated heterocycles. The molecule has 1 aliphatic rings. The van der Waals surface area contributed by atoms with Gasteiger partial charge in [-0.2, -0.15) is 0 Å². The Morgan fingerprint density at radius 1 is 1.25 bits per heavy atom.